The summed E-state index contributed by atoms with van der Waals surface area (Å²) in [5.41, 5.74) is 8.12. The van der Waals surface area contributed by atoms with E-state index in [9.17, 15) is 4.79 Å². The van der Waals surface area contributed by atoms with Gasteiger partial charge in [0.2, 0.25) is 5.91 Å². The monoisotopic (exact) mass is 270 g/mol. The van der Waals surface area contributed by atoms with E-state index in [0.29, 0.717) is 17.1 Å². The lowest BCUT2D eigenvalue weighted by Crippen LogP contribution is -2.08. The van der Waals surface area contributed by atoms with Crippen LogP contribution in [0.3, 0.4) is 0 Å². The van der Waals surface area contributed by atoms with Crippen molar-refractivity contribution in [2.24, 2.45) is 0 Å². The van der Waals surface area contributed by atoms with Crippen LogP contribution in [0, 0.1) is 0 Å². The second-order valence-corrected chi connectivity index (χ2v) is 4.53. The standard InChI is InChI=1S/C16H18N2O2/c1-3-12-4-6-13(7-5-12)20-14-8-9-15(17)16(10-14)18-11(2)19/h4-10H,3,17H2,1-2H3,(H,18,19). The molecule has 4 heteroatoms. The van der Waals surface area contributed by atoms with Crippen LogP contribution in [-0.4, -0.2) is 5.91 Å². The number of aryl methyl sites for hydroxylation is 1. The lowest BCUT2D eigenvalue weighted by atomic mass is 10.2. The van der Waals surface area contributed by atoms with E-state index in [1.807, 2.05) is 24.3 Å². The zero-order valence-corrected chi connectivity index (χ0v) is 11.6. The van der Waals surface area contributed by atoms with Crippen LogP contribution in [0.15, 0.2) is 42.5 Å². The van der Waals surface area contributed by atoms with Crippen LogP contribution in [0.4, 0.5) is 11.4 Å². The first-order valence-electron chi connectivity index (χ1n) is 6.52. The zero-order chi connectivity index (χ0) is 14.5. The molecule has 0 atom stereocenters. The summed E-state index contributed by atoms with van der Waals surface area (Å²) < 4.78 is 5.75. The smallest absolute Gasteiger partial charge is 0.221 e. The SMILES string of the molecule is CCc1ccc(Oc2ccc(N)c(NC(C)=O)c2)cc1. The summed E-state index contributed by atoms with van der Waals surface area (Å²) in [6.45, 7) is 3.55. The van der Waals surface area contributed by atoms with E-state index in [-0.39, 0.29) is 5.91 Å². The van der Waals surface area contributed by atoms with Crippen molar-refractivity contribution in [1.82, 2.24) is 0 Å². The van der Waals surface area contributed by atoms with E-state index in [1.54, 1.807) is 18.2 Å². The normalized spacial score (nSPS) is 10.1. The lowest BCUT2D eigenvalue weighted by Gasteiger charge is -2.10. The summed E-state index contributed by atoms with van der Waals surface area (Å²) in [5, 5.41) is 2.67. The predicted octanol–water partition coefficient (Wildman–Crippen LogP) is 3.58. The van der Waals surface area contributed by atoms with Gasteiger partial charge in [-0.15, -0.1) is 0 Å². The van der Waals surface area contributed by atoms with Gasteiger partial charge in [0.1, 0.15) is 11.5 Å². The fourth-order valence-electron chi connectivity index (χ4n) is 1.83. The Bertz CT molecular complexity index is 606. The Morgan fingerprint density at radius 2 is 1.80 bits per heavy atom. The van der Waals surface area contributed by atoms with Crippen LogP contribution in [0.1, 0.15) is 19.4 Å². The Morgan fingerprint density at radius 1 is 1.15 bits per heavy atom. The van der Waals surface area contributed by atoms with Gasteiger partial charge in [0, 0.05) is 13.0 Å². The van der Waals surface area contributed by atoms with Crippen LogP contribution in [0.2, 0.25) is 0 Å². The van der Waals surface area contributed by atoms with Crippen molar-refractivity contribution in [2.45, 2.75) is 20.3 Å². The number of benzene rings is 2. The molecular weight excluding hydrogens is 252 g/mol. The number of hydrogen-bond donors (Lipinski definition) is 2. The van der Waals surface area contributed by atoms with Crippen molar-refractivity contribution in [3.8, 4) is 11.5 Å². The van der Waals surface area contributed by atoms with Gasteiger partial charge in [0.25, 0.3) is 0 Å². The van der Waals surface area contributed by atoms with Crippen molar-refractivity contribution in [2.75, 3.05) is 11.1 Å². The van der Waals surface area contributed by atoms with Gasteiger partial charge >= 0.3 is 0 Å². The van der Waals surface area contributed by atoms with Gasteiger partial charge in [-0.05, 0) is 36.2 Å². The van der Waals surface area contributed by atoms with Crippen LogP contribution >= 0.6 is 0 Å². The molecule has 2 aromatic rings. The van der Waals surface area contributed by atoms with Crippen molar-refractivity contribution in [1.29, 1.82) is 0 Å². The van der Waals surface area contributed by atoms with E-state index < -0.39 is 0 Å². The molecule has 2 aromatic carbocycles. The molecular formula is C16H18N2O2. The molecule has 0 aliphatic heterocycles. The molecule has 20 heavy (non-hydrogen) atoms. The largest absolute Gasteiger partial charge is 0.457 e. The first-order chi connectivity index (χ1) is 9.58. The molecule has 0 fully saturated rings. The maximum atomic E-state index is 11.1. The molecule has 104 valence electrons. The molecule has 0 aliphatic rings. The molecule has 0 heterocycles. The molecule has 4 nitrogen and oxygen atoms in total. The number of amides is 1. The first-order valence-corrected chi connectivity index (χ1v) is 6.52. The number of nitrogens with two attached hydrogens (primary N) is 1. The Labute approximate surface area is 118 Å². The highest BCUT2D eigenvalue weighted by molar-refractivity contribution is 5.92. The Balaban J connectivity index is 2.18. The summed E-state index contributed by atoms with van der Waals surface area (Å²) in [4.78, 5) is 11.1. The van der Waals surface area contributed by atoms with Crippen molar-refractivity contribution >= 4 is 17.3 Å². The summed E-state index contributed by atoms with van der Waals surface area (Å²) in [6.07, 6.45) is 0.995. The molecule has 0 saturated heterocycles. The number of ether oxygens (including phenoxy) is 1. The van der Waals surface area contributed by atoms with Gasteiger partial charge in [-0.25, -0.2) is 0 Å². The number of nitrogens with one attached hydrogen (secondary N) is 1. The quantitative estimate of drug-likeness (QED) is 0.834. The topological polar surface area (TPSA) is 64.3 Å². The van der Waals surface area contributed by atoms with E-state index in [0.717, 1.165) is 12.2 Å². The lowest BCUT2D eigenvalue weighted by molar-refractivity contribution is -0.114. The van der Waals surface area contributed by atoms with Gasteiger partial charge in [-0.1, -0.05) is 19.1 Å². The van der Waals surface area contributed by atoms with E-state index in [2.05, 4.69) is 12.2 Å². The molecule has 0 bridgehead atoms. The van der Waals surface area contributed by atoms with Crippen molar-refractivity contribution in [3.63, 3.8) is 0 Å². The predicted molar refractivity (Wildman–Crippen MR) is 81.1 cm³/mol. The Kier molecular flexibility index (Phi) is 4.25. The molecule has 0 unspecified atom stereocenters. The average Bonchev–Trinajstić information content (AvgIpc) is 2.43. The number of hydrogen-bond acceptors (Lipinski definition) is 3. The number of nitrogen functional groups attached to an aromatic ring is 1. The summed E-state index contributed by atoms with van der Waals surface area (Å²) in [7, 11) is 0. The van der Waals surface area contributed by atoms with Crippen molar-refractivity contribution < 1.29 is 9.53 Å². The number of carbonyl (C=O) groups is 1. The molecule has 0 saturated carbocycles. The third-order valence-corrected chi connectivity index (χ3v) is 2.90. The molecule has 3 N–H and O–H groups in total. The summed E-state index contributed by atoms with van der Waals surface area (Å²) in [6, 6.07) is 13.1. The zero-order valence-electron chi connectivity index (χ0n) is 11.6. The minimum atomic E-state index is -0.166. The van der Waals surface area contributed by atoms with Gasteiger partial charge in [0.05, 0.1) is 11.4 Å². The fourth-order valence-corrected chi connectivity index (χ4v) is 1.83. The molecule has 2 rings (SSSR count). The van der Waals surface area contributed by atoms with Gasteiger partial charge in [-0.3, -0.25) is 4.79 Å². The minimum absolute atomic E-state index is 0.166. The third-order valence-electron chi connectivity index (χ3n) is 2.90. The van der Waals surface area contributed by atoms with E-state index in [4.69, 9.17) is 10.5 Å². The highest BCUT2D eigenvalue weighted by Crippen LogP contribution is 2.28. The van der Waals surface area contributed by atoms with Crippen LogP contribution < -0.4 is 15.8 Å². The summed E-state index contributed by atoms with van der Waals surface area (Å²) >= 11 is 0. The molecule has 1 amide bonds. The number of anilines is 2. The average molecular weight is 270 g/mol. The van der Waals surface area contributed by atoms with Crippen molar-refractivity contribution in [3.05, 3.63) is 48.0 Å². The summed E-state index contributed by atoms with van der Waals surface area (Å²) in [5.74, 6) is 1.22. The first kappa shape index (κ1) is 13.9. The van der Waals surface area contributed by atoms with E-state index >= 15 is 0 Å². The highest BCUT2D eigenvalue weighted by Gasteiger charge is 2.04. The maximum absolute atomic E-state index is 11.1. The highest BCUT2D eigenvalue weighted by atomic mass is 16.5. The van der Waals surface area contributed by atoms with Crippen LogP contribution in [-0.2, 0) is 11.2 Å². The molecule has 0 radical (unpaired) electrons. The second kappa shape index (κ2) is 6.10. The van der Waals surface area contributed by atoms with Gasteiger partial charge in [-0.2, -0.15) is 0 Å². The van der Waals surface area contributed by atoms with Gasteiger partial charge in [0.15, 0.2) is 0 Å². The number of carbonyl (C=O) groups excluding carboxylic acids is 1. The second-order valence-electron chi connectivity index (χ2n) is 4.53. The van der Waals surface area contributed by atoms with Gasteiger partial charge < -0.3 is 15.8 Å². The fraction of sp³-hybridized carbons (Fsp3) is 0.188. The minimum Gasteiger partial charge on any atom is -0.457 e. The molecule has 0 spiro atoms. The van der Waals surface area contributed by atoms with Crippen LogP contribution in [0.25, 0.3) is 0 Å². The Hall–Kier alpha value is -2.49. The van der Waals surface area contributed by atoms with Crippen LogP contribution in [0.5, 0.6) is 11.5 Å². The molecule has 0 aliphatic carbocycles. The number of rotatable bonds is 4. The molecule has 0 aromatic heterocycles. The maximum Gasteiger partial charge on any atom is 0.221 e. The third kappa shape index (κ3) is 3.51. The Morgan fingerprint density at radius 3 is 2.40 bits per heavy atom. The van der Waals surface area contributed by atoms with E-state index in [1.165, 1.54) is 12.5 Å².